The van der Waals surface area contributed by atoms with E-state index >= 15 is 0 Å². The van der Waals surface area contributed by atoms with Crippen LogP contribution in [0.5, 0.6) is 0 Å². The molecular formula is C14H19N5. The maximum absolute atomic E-state index is 6.13. The number of hydrogen-bond donors (Lipinski definition) is 3. The zero-order chi connectivity index (χ0) is 13.2. The first kappa shape index (κ1) is 12.2. The third kappa shape index (κ3) is 2.61. The van der Waals surface area contributed by atoms with E-state index in [1.165, 1.54) is 12.8 Å². The molecule has 1 heterocycles. The van der Waals surface area contributed by atoms with Gasteiger partial charge < -0.3 is 16.8 Å². The molecule has 0 amide bonds. The van der Waals surface area contributed by atoms with Crippen LogP contribution < -0.4 is 16.8 Å². The number of benzene rings is 1. The van der Waals surface area contributed by atoms with Crippen molar-refractivity contribution in [1.82, 2.24) is 9.97 Å². The van der Waals surface area contributed by atoms with Crippen molar-refractivity contribution >= 4 is 22.5 Å². The van der Waals surface area contributed by atoms with Crippen molar-refractivity contribution in [3.63, 3.8) is 0 Å². The molecule has 0 saturated heterocycles. The van der Waals surface area contributed by atoms with Crippen molar-refractivity contribution in [2.24, 2.45) is 5.73 Å². The first-order valence-electron chi connectivity index (χ1n) is 6.77. The van der Waals surface area contributed by atoms with E-state index < -0.39 is 0 Å². The summed E-state index contributed by atoms with van der Waals surface area (Å²) < 4.78 is 0. The minimum absolute atomic E-state index is 0.206. The van der Waals surface area contributed by atoms with Gasteiger partial charge in [-0.3, -0.25) is 4.98 Å². The molecule has 1 aromatic carbocycles. The molecule has 19 heavy (non-hydrogen) atoms. The molecule has 1 aromatic heterocycles. The number of nitrogens with two attached hydrogens (primary N) is 2. The van der Waals surface area contributed by atoms with Gasteiger partial charge in [0.25, 0.3) is 0 Å². The van der Waals surface area contributed by atoms with E-state index in [0.29, 0.717) is 11.7 Å². The highest BCUT2D eigenvalue weighted by atomic mass is 15.1. The normalized spacial score (nSPS) is 23.4. The molecule has 1 aliphatic carbocycles. The predicted octanol–water partition coefficient (Wildman–Crippen LogP) is 1.89. The van der Waals surface area contributed by atoms with Crippen LogP contribution in [-0.4, -0.2) is 22.1 Å². The molecule has 0 bridgehead atoms. The van der Waals surface area contributed by atoms with E-state index in [1.807, 2.05) is 18.2 Å². The van der Waals surface area contributed by atoms with E-state index in [-0.39, 0.29) is 6.04 Å². The SMILES string of the molecule is Nc1ccc2nc(N[C@@H]3CCCC[C@@H]3N)cnc2c1. The van der Waals surface area contributed by atoms with Crippen LogP contribution in [0.2, 0.25) is 0 Å². The van der Waals surface area contributed by atoms with Crippen LogP contribution >= 0.6 is 0 Å². The molecule has 5 N–H and O–H groups in total. The largest absolute Gasteiger partial charge is 0.399 e. The van der Waals surface area contributed by atoms with Gasteiger partial charge in [-0.05, 0) is 31.0 Å². The molecule has 0 aliphatic heterocycles. The second kappa shape index (κ2) is 5.01. The monoisotopic (exact) mass is 257 g/mol. The highest BCUT2D eigenvalue weighted by molar-refractivity contribution is 5.79. The van der Waals surface area contributed by atoms with Crippen molar-refractivity contribution in [2.45, 2.75) is 37.8 Å². The van der Waals surface area contributed by atoms with E-state index in [2.05, 4.69) is 15.3 Å². The Morgan fingerprint density at radius 1 is 1.16 bits per heavy atom. The van der Waals surface area contributed by atoms with Crippen molar-refractivity contribution in [3.8, 4) is 0 Å². The zero-order valence-corrected chi connectivity index (χ0v) is 10.8. The average Bonchev–Trinajstić information content (AvgIpc) is 2.41. The topological polar surface area (TPSA) is 89.8 Å². The van der Waals surface area contributed by atoms with Crippen molar-refractivity contribution in [2.75, 3.05) is 11.1 Å². The molecule has 100 valence electrons. The molecule has 5 nitrogen and oxygen atoms in total. The molecule has 5 heteroatoms. The highest BCUT2D eigenvalue weighted by Gasteiger charge is 2.21. The maximum Gasteiger partial charge on any atom is 0.145 e. The molecule has 0 unspecified atom stereocenters. The summed E-state index contributed by atoms with van der Waals surface area (Å²) in [5.41, 5.74) is 14.2. The Morgan fingerprint density at radius 2 is 2.00 bits per heavy atom. The summed E-state index contributed by atoms with van der Waals surface area (Å²) in [6.45, 7) is 0. The lowest BCUT2D eigenvalue weighted by atomic mass is 9.91. The van der Waals surface area contributed by atoms with Gasteiger partial charge >= 0.3 is 0 Å². The van der Waals surface area contributed by atoms with Gasteiger partial charge in [-0.2, -0.15) is 0 Å². The van der Waals surface area contributed by atoms with Gasteiger partial charge in [0, 0.05) is 17.8 Å². The minimum Gasteiger partial charge on any atom is -0.399 e. The number of aromatic nitrogens is 2. The average molecular weight is 257 g/mol. The number of fused-ring (bicyclic) bond motifs is 1. The fourth-order valence-electron chi connectivity index (χ4n) is 2.63. The summed E-state index contributed by atoms with van der Waals surface area (Å²) in [4.78, 5) is 8.95. The van der Waals surface area contributed by atoms with E-state index in [0.717, 1.165) is 29.7 Å². The molecule has 1 saturated carbocycles. The van der Waals surface area contributed by atoms with Gasteiger partial charge in [-0.25, -0.2) is 4.98 Å². The van der Waals surface area contributed by atoms with Crippen LogP contribution in [0.15, 0.2) is 24.4 Å². The van der Waals surface area contributed by atoms with Gasteiger partial charge in [0.1, 0.15) is 5.82 Å². The fraction of sp³-hybridized carbons (Fsp3) is 0.429. The van der Waals surface area contributed by atoms with E-state index in [1.54, 1.807) is 6.20 Å². The highest BCUT2D eigenvalue weighted by Crippen LogP contribution is 2.21. The maximum atomic E-state index is 6.13. The third-order valence-corrected chi connectivity index (χ3v) is 3.72. The van der Waals surface area contributed by atoms with Gasteiger partial charge in [0.2, 0.25) is 0 Å². The molecule has 3 rings (SSSR count). The number of nitrogen functional groups attached to an aromatic ring is 1. The number of rotatable bonds is 2. The number of nitrogens with one attached hydrogen (secondary N) is 1. The lowest BCUT2D eigenvalue weighted by Crippen LogP contribution is -2.42. The molecule has 2 atom stereocenters. The fourth-order valence-corrected chi connectivity index (χ4v) is 2.63. The summed E-state index contributed by atoms with van der Waals surface area (Å²) >= 11 is 0. The Morgan fingerprint density at radius 3 is 2.84 bits per heavy atom. The number of anilines is 2. The first-order valence-corrected chi connectivity index (χ1v) is 6.77. The van der Waals surface area contributed by atoms with Gasteiger partial charge in [0.05, 0.1) is 17.2 Å². The van der Waals surface area contributed by atoms with Crippen LogP contribution in [0.3, 0.4) is 0 Å². The molecule has 0 spiro atoms. The molecular weight excluding hydrogens is 238 g/mol. The van der Waals surface area contributed by atoms with Crippen molar-refractivity contribution in [3.05, 3.63) is 24.4 Å². The number of nitrogens with zero attached hydrogens (tertiary/aromatic N) is 2. The second-order valence-electron chi connectivity index (χ2n) is 5.20. The third-order valence-electron chi connectivity index (χ3n) is 3.72. The summed E-state index contributed by atoms with van der Waals surface area (Å²) in [7, 11) is 0. The van der Waals surface area contributed by atoms with Gasteiger partial charge in [0.15, 0.2) is 0 Å². The Hall–Kier alpha value is -1.88. The summed E-state index contributed by atoms with van der Waals surface area (Å²) in [5.74, 6) is 0.791. The van der Waals surface area contributed by atoms with Gasteiger partial charge in [-0.15, -0.1) is 0 Å². The smallest absolute Gasteiger partial charge is 0.145 e. The summed E-state index contributed by atoms with van der Waals surface area (Å²) in [5, 5.41) is 3.41. The lowest BCUT2D eigenvalue weighted by Gasteiger charge is -2.29. The molecule has 1 fully saturated rings. The van der Waals surface area contributed by atoms with Gasteiger partial charge in [-0.1, -0.05) is 12.8 Å². The van der Waals surface area contributed by atoms with Crippen molar-refractivity contribution < 1.29 is 0 Å². The van der Waals surface area contributed by atoms with Crippen LogP contribution in [0.25, 0.3) is 11.0 Å². The molecule has 0 radical (unpaired) electrons. The van der Waals surface area contributed by atoms with E-state index in [4.69, 9.17) is 11.5 Å². The summed E-state index contributed by atoms with van der Waals surface area (Å²) in [6, 6.07) is 6.07. The predicted molar refractivity (Wildman–Crippen MR) is 77.8 cm³/mol. The Bertz CT molecular complexity index is 583. The van der Waals surface area contributed by atoms with Crippen molar-refractivity contribution in [1.29, 1.82) is 0 Å². The lowest BCUT2D eigenvalue weighted by molar-refractivity contribution is 0.403. The number of hydrogen-bond acceptors (Lipinski definition) is 5. The standard InChI is InChI=1S/C14H19N5/c15-9-5-6-12-13(7-9)17-8-14(19-12)18-11-4-2-1-3-10(11)16/h5-8,10-11H,1-4,15-16H2,(H,18,19)/t10-,11+/m0/s1. The quantitative estimate of drug-likeness (QED) is 0.715. The van der Waals surface area contributed by atoms with Crippen LogP contribution in [0.1, 0.15) is 25.7 Å². The Kier molecular flexibility index (Phi) is 3.21. The second-order valence-corrected chi connectivity index (χ2v) is 5.20. The first-order chi connectivity index (χ1) is 9.22. The molecule has 2 aromatic rings. The van der Waals surface area contributed by atoms with Crippen LogP contribution in [0.4, 0.5) is 11.5 Å². The summed E-state index contributed by atoms with van der Waals surface area (Å²) in [6.07, 6.45) is 6.38. The van der Waals surface area contributed by atoms with Crippen LogP contribution in [0, 0.1) is 0 Å². The molecule has 1 aliphatic rings. The zero-order valence-electron chi connectivity index (χ0n) is 10.8. The van der Waals surface area contributed by atoms with Crippen LogP contribution in [-0.2, 0) is 0 Å². The Labute approximate surface area is 112 Å². The minimum atomic E-state index is 0.206. The Balaban J connectivity index is 1.83. The van der Waals surface area contributed by atoms with E-state index in [9.17, 15) is 0 Å².